The third-order valence-electron chi connectivity index (χ3n) is 3.59. The number of hydrogen-bond acceptors (Lipinski definition) is 5. The van der Waals surface area contributed by atoms with Crippen molar-refractivity contribution in [2.24, 2.45) is 5.10 Å². The molecule has 1 amide bonds. The summed E-state index contributed by atoms with van der Waals surface area (Å²) in [7, 11) is 0. The molecule has 7 heteroatoms. The van der Waals surface area contributed by atoms with Crippen molar-refractivity contribution in [3.8, 4) is 0 Å². The number of fused-ring (bicyclic) bond motifs is 1. The predicted octanol–water partition coefficient (Wildman–Crippen LogP) is 2.63. The monoisotopic (exact) mass is 340 g/mol. The second-order valence-electron chi connectivity index (χ2n) is 5.13. The molecular formula is C17H16N4O2S. The second kappa shape index (κ2) is 6.76. The van der Waals surface area contributed by atoms with Crippen LogP contribution in [-0.4, -0.2) is 21.4 Å². The van der Waals surface area contributed by atoms with Gasteiger partial charge in [0.15, 0.2) is 5.69 Å². The molecule has 0 aliphatic rings. The first-order chi connectivity index (χ1) is 11.6. The maximum absolute atomic E-state index is 12.5. The van der Waals surface area contributed by atoms with E-state index in [0.29, 0.717) is 23.0 Å². The van der Waals surface area contributed by atoms with E-state index >= 15 is 0 Å². The van der Waals surface area contributed by atoms with Gasteiger partial charge in [0.05, 0.1) is 11.1 Å². The Balaban J connectivity index is 2.00. The normalized spacial score (nSPS) is 11.7. The van der Waals surface area contributed by atoms with Crippen molar-refractivity contribution in [1.29, 1.82) is 0 Å². The van der Waals surface area contributed by atoms with Gasteiger partial charge in [-0.05, 0) is 31.4 Å². The van der Waals surface area contributed by atoms with E-state index in [1.54, 1.807) is 35.6 Å². The van der Waals surface area contributed by atoms with Crippen molar-refractivity contribution in [3.63, 3.8) is 0 Å². The highest BCUT2D eigenvalue weighted by molar-refractivity contribution is 7.12. The van der Waals surface area contributed by atoms with E-state index in [9.17, 15) is 9.59 Å². The lowest BCUT2D eigenvalue weighted by molar-refractivity contribution is 0.0949. The van der Waals surface area contributed by atoms with Gasteiger partial charge in [-0.25, -0.2) is 10.1 Å². The molecule has 1 N–H and O–H groups in total. The summed E-state index contributed by atoms with van der Waals surface area (Å²) >= 11 is 1.55. The molecule has 0 radical (unpaired) electrons. The fourth-order valence-electron chi connectivity index (χ4n) is 2.34. The average Bonchev–Trinajstić information content (AvgIpc) is 3.15. The molecule has 122 valence electrons. The standard InChI is InChI=1S/C17H16N4O2S/c1-3-21-17(23)13-8-5-4-7-12(13)15(20-21)16(22)19-18-11(2)14-9-6-10-24-14/h4-10H,3H2,1-2H3,(H,19,22)/b18-11+. The van der Waals surface area contributed by atoms with Crippen LogP contribution in [-0.2, 0) is 6.54 Å². The number of rotatable bonds is 4. The molecule has 0 saturated heterocycles. The summed E-state index contributed by atoms with van der Waals surface area (Å²) in [6.45, 7) is 4.02. The van der Waals surface area contributed by atoms with E-state index in [2.05, 4.69) is 15.6 Å². The largest absolute Gasteiger partial charge is 0.292 e. The van der Waals surface area contributed by atoms with Crippen molar-refractivity contribution in [2.45, 2.75) is 20.4 Å². The number of aromatic nitrogens is 2. The zero-order valence-corrected chi connectivity index (χ0v) is 14.1. The quantitative estimate of drug-likeness (QED) is 0.586. The topological polar surface area (TPSA) is 76.3 Å². The highest BCUT2D eigenvalue weighted by Crippen LogP contribution is 2.13. The molecule has 0 spiro atoms. The Morgan fingerprint density at radius 3 is 2.67 bits per heavy atom. The van der Waals surface area contributed by atoms with Gasteiger partial charge in [0, 0.05) is 16.8 Å². The highest BCUT2D eigenvalue weighted by atomic mass is 32.1. The molecule has 0 bridgehead atoms. The van der Waals surface area contributed by atoms with Gasteiger partial charge < -0.3 is 0 Å². The van der Waals surface area contributed by atoms with Crippen molar-refractivity contribution in [2.75, 3.05) is 0 Å². The molecule has 2 aromatic heterocycles. The van der Waals surface area contributed by atoms with Crippen molar-refractivity contribution in [1.82, 2.24) is 15.2 Å². The summed E-state index contributed by atoms with van der Waals surface area (Å²) in [4.78, 5) is 25.8. The molecule has 1 aromatic carbocycles. The summed E-state index contributed by atoms with van der Waals surface area (Å²) in [5.41, 5.74) is 3.23. The molecule has 3 rings (SSSR count). The lowest BCUT2D eigenvalue weighted by atomic mass is 10.1. The lowest BCUT2D eigenvalue weighted by Crippen LogP contribution is -2.28. The maximum atomic E-state index is 12.5. The Morgan fingerprint density at radius 2 is 2.00 bits per heavy atom. The zero-order valence-electron chi connectivity index (χ0n) is 13.3. The molecule has 24 heavy (non-hydrogen) atoms. The molecule has 0 aliphatic heterocycles. The van der Waals surface area contributed by atoms with E-state index in [4.69, 9.17) is 0 Å². The van der Waals surface area contributed by atoms with Crippen LogP contribution in [0.3, 0.4) is 0 Å². The molecular weight excluding hydrogens is 324 g/mol. The first kappa shape index (κ1) is 16.1. The minimum absolute atomic E-state index is 0.190. The fourth-order valence-corrected chi connectivity index (χ4v) is 3.02. The summed E-state index contributed by atoms with van der Waals surface area (Å²) in [5, 5.41) is 11.3. The van der Waals surface area contributed by atoms with Gasteiger partial charge in [0.1, 0.15) is 0 Å². The van der Waals surface area contributed by atoms with E-state index in [-0.39, 0.29) is 11.3 Å². The number of benzene rings is 1. The molecule has 0 aliphatic carbocycles. The van der Waals surface area contributed by atoms with Gasteiger partial charge >= 0.3 is 0 Å². The maximum Gasteiger partial charge on any atom is 0.292 e. The number of amides is 1. The number of hydrogen-bond donors (Lipinski definition) is 1. The predicted molar refractivity (Wildman–Crippen MR) is 95.7 cm³/mol. The van der Waals surface area contributed by atoms with Crippen LogP contribution in [0.1, 0.15) is 29.2 Å². The summed E-state index contributed by atoms with van der Waals surface area (Å²) in [6, 6.07) is 10.8. The van der Waals surface area contributed by atoms with Crippen LogP contribution in [0.15, 0.2) is 51.7 Å². The Hall–Kier alpha value is -2.80. The first-order valence-electron chi connectivity index (χ1n) is 7.50. The van der Waals surface area contributed by atoms with Crippen LogP contribution >= 0.6 is 11.3 Å². The van der Waals surface area contributed by atoms with E-state index in [1.807, 2.05) is 31.4 Å². The SMILES string of the molecule is CCn1nc(C(=O)N/N=C(\C)c2cccs2)c2ccccc2c1=O. The van der Waals surface area contributed by atoms with E-state index in [1.165, 1.54) is 4.68 Å². The first-order valence-corrected chi connectivity index (χ1v) is 8.38. The van der Waals surface area contributed by atoms with Crippen LogP contribution in [0.2, 0.25) is 0 Å². The van der Waals surface area contributed by atoms with Gasteiger partial charge in [-0.15, -0.1) is 11.3 Å². The summed E-state index contributed by atoms with van der Waals surface area (Å²) < 4.78 is 1.28. The van der Waals surface area contributed by atoms with Crippen LogP contribution in [0.25, 0.3) is 10.8 Å². The van der Waals surface area contributed by atoms with Crippen molar-refractivity contribution in [3.05, 3.63) is 62.7 Å². The number of nitrogens with one attached hydrogen (secondary N) is 1. The van der Waals surface area contributed by atoms with Crippen LogP contribution in [0.5, 0.6) is 0 Å². The third kappa shape index (κ3) is 2.98. The van der Waals surface area contributed by atoms with Gasteiger partial charge in [0.25, 0.3) is 11.5 Å². The van der Waals surface area contributed by atoms with Crippen LogP contribution < -0.4 is 11.0 Å². The summed E-state index contributed by atoms with van der Waals surface area (Å²) in [6.07, 6.45) is 0. The molecule has 0 fully saturated rings. The zero-order chi connectivity index (χ0) is 17.1. The van der Waals surface area contributed by atoms with E-state index in [0.717, 1.165) is 4.88 Å². The number of nitrogens with zero attached hydrogens (tertiary/aromatic N) is 3. The molecule has 0 atom stereocenters. The smallest absolute Gasteiger partial charge is 0.267 e. The number of thiophene rings is 1. The van der Waals surface area contributed by atoms with Crippen LogP contribution in [0.4, 0.5) is 0 Å². The van der Waals surface area contributed by atoms with Gasteiger partial charge in [-0.1, -0.05) is 24.3 Å². The lowest BCUT2D eigenvalue weighted by Gasteiger charge is -2.08. The number of carbonyl (C=O) groups excluding carboxylic acids is 1. The summed E-state index contributed by atoms with van der Waals surface area (Å²) in [5.74, 6) is -0.440. The molecule has 0 unspecified atom stereocenters. The minimum Gasteiger partial charge on any atom is -0.267 e. The minimum atomic E-state index is -0.440. The van der Waals surface area contributed by atoms with Crippen molar-refractivity contribution < 1.29 is 4.79 Å². The molecule has 6 nitrogen and oxygen atoms in total. The van der Waals surface area contributed by atoms with Gasteiger partial charge in [-0.3, -0.25) is 9.59 Å². The third-order valence-corrected chi connectivity index (χ3v) is 4.56. The average molecular weight is 340 g/mol. The fraction of sp³-hybridized carbons (Fsp3) is 0.176. The Bertz CT molecular complexity index is 974. The Labute approximate surface area is 142 Å². The van der Waals surface area contributed by atoms with E-state index < -0.39 is 5.91 Å². The Kier molecular flexibility index (Phi) is 4.52. The highest BCUT2D eigenvalue weighted by Gasteiger charge is 2.16. The Morgan fingerprint density at radius 1 is 1.25 bits per heavy atom. The van der Waals surface area contributed by atoms with Crippen molar-refractivity contribution >= 4 is 33.7 Å². The number of carbonyl (C=O) groups is 1. The number of hydrazone groups is 1. The van der Waals surface area contributed by atoms with Gasteiger partial charge in [-0.2, -0.15) is 10.2 Å². The van der Waals surface area contributed by atoms with Gasteiger partial charge in [0.2, 0.25) is 0 Å². The molecule has 2 heterocycles. The number of aryl methyl sites for hydroxylation is 1. The molecule has 3 aromatic rings. The second-order valence-corrected chi connectivity index (χ2v) is 6.08. The molecule has 0 saturated carbocycles. The van der Waals surface area contributed by atoms with Crippen LogP contribution in [0, 0.1) is 0 Å².